The van der Waals surface area contributed by atoms with Crippen LogP contribution in [-0.2, 0) is 13.6 Å². The third-order valence-electron chi connectivity index (χ3n) is 3.86. The van der Waals surface area contributed by atoms with Crippen LogP contribution in [0, 0.1) is 11.8 Å². The average Bonchev–Trinajstić information content (AvgIpc) is 2.89. The smallest absolute Gasteiger partial charge is 0.279 e. The normalized spacial score (nSPS) is 15.0. The first-order valence-corrected chi connectivity index (χ1v) is 7.29. The summed E-state index contributed by atoms with van der Waals surface area (Å²) in [4.78, 5) is 23.5. The Bertz CT molecular complexity index is 771. The molecule has 0 unspecified atom stereocenters. The lowest BCUT2D eigenvalue weighted by atomic mass is 10.1. The van der Waals surface area contributed by atoms with Crippen molar-refractivity contribution in [2.45, 2.75) is 32.7 Å². The highest BCUT2D eigenvalue weighted by Gasteiger charge is 2.21. The summed E-state index contributed by atoms with van der Waals surface area (Å²) in [6.07, 6.45) is 5.10. The van der Waals surface area contributed by atoms with Crippen LogP contribution in [0.1, 0.15) is 26.2 Å². The Kier molecular flexibility index (Phi) is 3.65. The van der Waals surface area contributed by atoms with Crippen LogP contribution in [0.4, 0.5) is 5.95 Å². The Labute approximate surface area is 123 Å². The molecule has 0 saturated carbocycles. The first-order chi connectivity index (χ1) is 10.2. The Morgan fingerprint density at radius 2 is 2.05 bits per heavy atom. The van der Waals surface area contributed by atoms with Crippen molar-refractivity contribution < 1.29 is 0 Å². The van der Waals surface area contributed by atoms with E-state index in [4.69, 9.17) is 0 Å². The monoisotopic (exact) mass is 285 g/mol. The number of aryl methyl sites for hydroxylation is 1. The summed E-state index contributed by atoms with van der Waals surface area (Å²) in [5.74, 6) is 6.75. The van der Waals surface area contributed by atoms with E-state index in [-0.39, 0.29) is 5.56 Å². The van der Waals surface area contributed by atoms with Crippen LogP contribution in [0.25, 0.3) is 11.2 Å². The lowest BCUT2D eigenvalue weighted by molar-refractivity contribution is 0.561. The molecule has 6 heteroatoms. The van der Waals surface area contributed by atoms with Crippen LogP contribution in [0.2, 0.25) is 0 Å². The first-order valence-electron chi connectivity index (χ1n) is 7.29. The zero-order chi connectivity index (χ0) is 14.8. The molecule has 110 valence electrons. The molecule has 6 nitrogen and oxygen atoms in total. The lowest BCUT2D eigenvalue weighted by Gasteiger charge is -2.27. The highest BCUT2D eigenvalue weighted by atomic mass is 16.1. The zero-order valence-corrected chi connectivity index (χ0v) is 12.5. The van der Waals surface area contributed by atoms with E-state index in [9.17, 15) is 4.79 Å². The summed E-state index contributed by atoms with van der Waals surface area (Å²) in [5, 5.41) is 0. The predicted octanol–water partition coefficient (Wildman–Crippen LogP) is 1.14. The summed E-state index contributed by atoms with van der Waals surface area (Å²) in [6, 6.07) is 0. The van der Waals surface area contributed by atoms with Crippen molar-refractivity contribution in [2.75, 3.05) is 18.0 Å². The second-order valence-corrected chi connectivity index (χ2v) is 5.31. The minimum Gasteiger partial charge on any atom is -0.342 e. The molecule has 0 bridgehead atoms. The van der Waals surface area contributed by atoms with Gasteiger partial charge in [0.05, 0.1) is 12.9 Å². The van der Waals surface area contributed by atoms with E-state index in [1.165, 1.54) is 17.3 Å². The van der Waals surface area contributed by atoms with Gasteiger partial charge in [-0.05, 0) is 26.2 Å². The number of aromatic nitrogens is 4. The van der Waals surface area contributed by atoms with Crippen molar-refractivity contribution in [3.8, 4) is 11.8 Å². The van der Waals surface area contributed by atoms with Gasteiger partial charge in [-0.3, -0.25) is 9.36 Å². The van der Waals surface area contributed by atoms with Crippen LogP contribution in [0.5, 0.6) is 0 Å². The molecular weight excluding hydrogens is 266 g/mol. The Morgan fingerprint density at radius 3 is 2.76 bits per heavy atom. The van der Waals surface area contributed by atoms with Gasteiger partial charge in [0.1, 0.15) is 0 Å². The molecule has 0 spiro atoms. The maximum atomic E-state index is 12.4. The van der Waals surface area contributed by atoms with E-state index in [0.717, 1.165) is 31.9 Å². The number of piperidine rings is 1. The molecule has 21 heavy (non-hydrogen) atoms. The van der Waals surface area contributed by atoms with Crippen molar-refractivity contribution in [2.24, 2.45) is 7.05 Å². The zero-order valence-electron chi connectivity index (χ0n) is 12.5. The molecule has 0 radical (unpaired) electrons. The highest BCUT2D eigenvalue weighted by Crippen LogP contribution is 2.22. The summed E-state index contributed by atoms with van der Waals surface area (Å²) < 4.78 is 3.40. The van der Waals surface area contributed by atoms with Gasteiger partial charge in [-0.1, -0.05) is 5.92 Å². The molecule has 2 aromatic heterocycles. The van der Waals surface area contributed by atoms with Crippen LogP contribution < -0.4 is 10.5 Å². The molecule has 1 saturated heterocycles. The third-order valence-corrected chi connectivity index (χ3v) is 3.86. The second-order valence-electron chi connectivity index (χ2n) is 5.31. The summed E-state index contributed by atoms with van der Waals surface area (Å²) >= 11 is 0. The van der Waals surface area contributed by atoms with Crippen LogP contribution in [0.3, 0.4) is 0 Å². The number of rotatable bonds is 2. The van der Waals surface area contributed by atoms with E-state index in [2.05, 4.69) is 26.7 Å². The molecule has 3 heterocycles. The molecule has 2 aromatic rings. The molecule has 0 aromatic carbocycles. The van der Waals surface area contributed by atoms with Gasteiger partial charge in [-0.25, -0.2) is 4.98 Å². The van der Waals surface area contributed by atoms with Crippen LogP contribution >= 0.6 is 0 Å². The summed E-state index contributed by atoms with van der Waals surface area (Å²) in [5.41, 5.74) is 0.980. The third kappa shape index (κ3) is 2.40. The van der Waals surface area contributed by atoms with E-state index < -0.39 is 0 Å². The SMILES string of the molecule is CC#CCn1c(N2CCCCC2)nc2ncn(C)c(=O)c21. The van der Waals surface area contributed by atoms with E-state index in [1.54, 1.807) is 14.0 Å². The van der Waals surface area contributed by atoms with Gasteiger partial charge in [-0.2, -0.15) is 4.98 Å². The molecule has 0 aliphatic carbocycles. The Morgan fingerprint density at radius 1 is 1.29 bits per heavy atom. The fourth-order valence-electron chi connectivity index (χ4n) is 2.73. The van der Waals surface area contributed by atoms with Crippen LogP contribution in [0.15, 0.2) is 11.1 Å². The molecule has 0 N–H and O–H groups in total. The molecule has 1 aliphatic rings. The number of anilines is 1. The fourth-order valence-corrected chi connectivity index (χ4v) is 2.73. The van der Waals surface area contributed by atoms with Gasteiger partial charge in [0.2, 0.25) is 5.95 Å². The van der Waals surface area contributed by atoms with Gasteiger partial charge in [-0.15, -0.1) is 5.92 Å². The standard InChI is InChI=1S/C15H19N5O/c1-3-4-10-20-12-13(16-11-18(2)14(12)21)17-15(20)19-8-6-5-7-9-19/h11H,5-10H2,1-2H3. The summed E-state index contributed by atoms with van der Waals surface area (Å²) in [7, 11) is 1.71. The molecular formula is C15H19N5O. The number of imidazole rings is 1. The largest absolute Gasteiger partial charge is 0.342 e. The van der Waals surface area contributed by atoms with Crippen molar-refractivity contribution in [1.29, 1.82) is 0 Å². The van der Waals surface area contributed by atoms with Gasteiger partial charge >= 0.3 is 0 Å². The maximum Gasteiger partial charge on any atom is 0.279 e. The second kappa shape index (κ2) is 5.60. The number of nitrogens with zero attached hydrogens (tertiary/aromatic N) is 5. The quantitative estimate of drug-likeness (QED) is 0.777. The summed E-state index contributed by atoms with van der Waals surface area (Å²) in [6.45, 7) is 4.22. The molecule has 3 rings (SSSR count). The van der Waals surface area contributed by atoms with Crippen molar-refractivity contribution in [1.82, 2.24) is 19.1 Å². The number of hydrogen-bond donors (Lipinski definition) is 0. The van der Waals surface area contributed by atoms with E-state index >= 15 is 0 Å². The maximum absolute atomic E-state index is 12.4. The lowest BCUT2D eigenvalue weighted by Crippen LogP contribution is -2.32. The van der Waals surface area contributed by atoms with Gasteiger partial charge < -0.3 is 9.47 Å². The minimum absolute atomic E-state index is 0.0753. The Hall–Kier alpha value is -2.29. The van der Waals surface area contributed by atoms with E-state index in [1.807, 2.05) is 4.57 Å². The van der Waals surface area contributed by atoms with Gasteiger partial charge in [0.15, 0.2) is 11.2 Å². The first kappa shape index (κ1) is 13.7. The fraction of sp³-hybridized carbons (Fsp3) is 0.533. The number of fused-ring (bicyclic) bond motifs is 1. The van der Waals surface area contributed by atoms with Crippen molar-refractivity contribution in [3.63, 3.8) is 0 Å². The van der Waals surface area contributed by atoms with Gasteiger partial charge in [0.25, 0.3) is 5.56 Å². The molecule has 0 amide bonds. The average molecular weight is 285 g/mol. The molecule has 1 aliphatic heterocycles. The number of hydrogen-bond acceptors (Lipinski definition) is 4. The minimum atomic E-state index is -0.0753. The Balaban J connectivity index is 2.19. The van der Waals surface area contributed by atoms with Crippen LogP contribution in [-0.4, -0.2) is 32.2 Å². The van der Waals surface area contributed by atoms with E-state index in [0.29, 0.717) is 17.7 Å². The van der Waals surface area contributed by atoms with Crippen molar-refractivity contribution in [3.05, 3.63) is 16.7 Å². The topological polar surface area (TPSA) is 56.0 Å². The molecule has 0 atom stereocenters. The molecule has 1 fully saturated rings. The highest BCUT2D eigenvalue weighted by molar-refractivity contribution is 5.74. The predicted molar refractivity (Wildman–Crippen MR) is 82.3 cm³/mol. The van der Waals surface area contributed by atoms with Crippen molar-refractivity contribution >= 4 is 17.1 Å². The van der Waals surface area contributed by atoms with Gasteiger partial charge in [0, 0.05) is 20.1 Å².